The summed E-state index contributed by atoms with van der Waals surface area (Å²) in [6.45, 7) is 0.113. The number of hydrogen-bond acceptors (Lipinski definition) is 7. The van der Waals surface area contributed by atoms with Gasteiger partial charge in [0.2, 0.25) is 0 Å². The van der Waals surface area contributed by atoms with Gasteiger partial charge >= 0.3 is 19.5 Å². The molecule has 0 spiro atoms. The lowest BCUT2D eigenvalue weighted by molar-refractivity contribution is -0.150. The Hall–Kier alpha value is -2.96. The second kappa shape index (κ2) is 15.3. The molecule has 0 amide bonds. The van der Waals surface area contributed by atoms with E-state index in [0.29, 0.717) is 0 Å². The summed E-state index contributed by atoms with van der Waals surface area (Å²) >= 11 is 5.48. The predicted octanol–water partition coefficient (Wildman–Crippen LogP) is 6.49. The number of benzene rings is 3. The third-order valence-electron chi connectivity index (χ3n) is 5.46. The lowest BCUT2D eigenvalue weighted by Crippen LogP contribution is -2.24. The van der Waals surface area contributed by atoms with Crippen LogP contribution in [0, 0.1) is 5.92 Å². The van der Waals surface area contributed by atoms with Gasteiger partial charge < -0.3 is 18.5 Å². The van der Waals surface area contributed by atoms with Gasteiger partial charge in [0.15, 0.2) is 6.07 Å². The van der Waals surface area contributed by atoms with Crippen LogP contribution in [0.3, 0.4) is 0 Å². The van der Waals surface area contributed by atoms with Gasteiger partial charge in [-0.2, -0.15) is 0 Å². The zero-order valence-electron chi connectivity index (χ0n) is 20.4. The molecule has 1 unspecified atom stereocenters. The van der Waals surface area contributed by atoms with Crippen molar-refractivity contribution in [3.63, 3.8) is 0 Å². The first-order valence-electron chi connectivity index (χ1n) is 11.9. The number of hydrogen-bond donors (Lipinski definition) is 0. The molecule has 0 bridgehead atoms. The van der Waals surface area contributed by atoms with Gasteiger partial charge in [0.25, 0.3) is 0 Å². The SMILES string of the molecule is O=C(CCC(CP(=O)(OCc1ccccc1)OCc1ccccc1)C(=O)OCc1ccccc1)OCCl. The highest BCUT2D eigenvalue weighted by Gasteiger charge is 2.34. The first kappa shape index (κ1) is 28.6. The fourth-order valence-corrected chi connectivity index (χ4v) is 5.43. The summed E-state index contributed by atoms with van der Waals surface area (Å²) in [5, 5.41) is 0. The van der Waals surface area contributed by atoms with E-state index < -0.39 is 25.5 Å². The van der Waals surface area contributed by atoms with Crippen molar-refractivity contribution in [2.45, 2.75) is 32.7 Å². The summed E-state index contributed by atoms with van der Waals surface area (Å²) in [6.07, 6.45) is -0.319. The van der Waals surface area contributed by atoms with Crippen molar-refractivity contribution in [2.24, 2.45) is 5.92 Å². The van der Waals surface area contributed by atoms with Gasteiger partial charge in [-0.1, -0.05) is 103 Å². The summed E-state index contributed by atoms with van der Waals surface area (Å²) in [6, 6.07) is 27.4. The molecule has 0 radical (unpaired) electrons. The maximum absolute atomic E-state index is 13.9. The average Bonchev–Trinajstić information content (AvgIpc) is 2.94. The topological polar surface area (TPSA) is 88.1 Å². The van der Waals surface area contributed by atoms with E-state index in [9.17, 15) is 14.2 Å². The van der Waals surface area contributed by atoms with Crippen molar-refractivity contribution in [1.29, 1.82) is 0 Å². The molecule has 1 atom stereocenters. The Balaban J connectivity index is 1.75. The number of ether oxygens (including phenoxy) is 2. The predicted molar refractivity (Wildman–Crippen MR) is 141 cm³/mol. The summed E-state index contributed by atoms with van der Waals surface area (Å²) < 4.78 is 35.9. The molecule has 0 aliphatic rings. The van der Waals surface area contributed by atoms with Crippen LogP contribution in [-0.4, -0.2) is 24.2 Å². The van der Waals surface area contributed by atoms with E-state index in [1.165, 1.54) is 0 Å². The zero-order valence-corrected chi connectivity index (χ0v) is 22.0. The molecule has 0 heterocycles. The smallest absolute Gasteiger partial charge is 0.332 e. The summed E-state index contributed by atoms with van der Waals surface area (Å²) in [5.41, 5.74) is 2.42. The number of carbonyl (C=O) groups is 2. The summed E-state index contributed by atoms with van der Waals surface area (Å²) in [4.78, 5) is 25.0. The van der Waals surface area contributed by atoms with Gasteiger partial charge in [-0.25, -0.2) is 0 Å². The van der Waals surface area contributed by atoms with Crippen LogP contribution in [-0.2, 0) is 52.5 Å². The largest absolute Gasteiger partial charge is 0.461 e. The Morgan fingerprint density at radius 1 is 0.703 bits per heavy atom. The van der Waals surface area contributed by atoms with E-state index in [2.05, 4.69) is 0 Å². The minimum Gasteiger partial charge on any atom is -0.461 e. The van der Waals surface area contributed by atoms with Gasteiger partial charge in [-0.15, -0.1) is 0 Å². The molecular weight excluding hydrogens is 515 g/mol. The van der Waals surface area contributed by atoms with Gasteiger partial charge in [0, 0.05) is 6.42 Å². The molecule has 7 nitrogen and oxygen atoms in total. The van der Waals surface area contributed by atoms with Crippen LogP contribution in [0.4, 0.5) is 0 Å². The van der Waals surface area contributed by atoms with E-state index in [1.54, 1.807) is 0 Å². The van der Waals surface area contributed by atoms with Crippen LogP contribution in [0.5, 0.6) is 0 Å². The molecule has 0 aliphatic carbocycles. The van der Waals surface area contributed by atoms with Crippen LogP contribution in [0.15, 0.2) is 91.0 Å². The molecule has 3 rings (SSSR count). The second-order valence-corrected chi connectivity index (χ2v) is 10.6. The monoisotopic (exact) mass is 544 g/mol. The van der Waals surface area contributed by atoms with E-state index >= 15 is 0 Å². The molecule has 0 fully saturated rings. The van der Waals surface area contributed by atoms with Crippen molar-refractivity contribution in [3.05, 3.63) is 108 Å². The number of rotatable bonds is 15. The van der Waals surface area contributed by atoms with E-state index in [4.69, 9.17) is 30.1 Å². The molecule has 196 valence electrons. The van der Waals surface area contributed by atoms with Crippen molar-refractivity contribution in [1.82, 2.24) is 0 Å². The summed E-state index contributed by atoms with van der Waals surface area (Å²) in [7, 11) is -3.81. The number of alkyl halides is 1. The molecule has 0 saturated carbocycles. The number of carbonyl (C=O) groups excluding carboxylic acids is 2. The van der Waals surface area contributed by atoms with Gasteiger partial charge in [0.1, 0.15) is 6.61 Å². The second-order valence-electron chi connectivity index (χ2n) is 8.27. The minimum absolute atomic E-state index is 0.0347. The molecule has 3 aromatic rings. The van der Waals surface area contributed by atoms with Crippen LogP contribution >= 0.6 is 19.2 Å². The van der Waals surface area contributed by atoms with Crippen LogP contribution in [0.1, 0.15) is 29.5 Å². The van der Waals surface area contributed by atoms with Crippen molar-refractivity contribution < 1.29 is 32.7 Å². The van der Waals surface area contributed by atoms with Crippen LogP contribution < -0.4 is 0 Å². The normalized spacial score (nSPS) is 12.0. The Morgan fingerprint density at radius 3 is 1.62 bits per heavy atom. The van der Waals surface area contributed by atoms with Gasteiger partial charge in [0.05, 0.1) is 25.3 Å². The lowest BCUT2D eigenvalue weighted by Gasteiger charge is -2.23. The van der Waals surface area contributed by atoms with Crippen LogP contribution in [0.25, 0.3) is 0 Å². The molecule has 9 heteroatoms. The highest BCUT2D eigenvalue weighted by molar-refractivity contribution is 7.53. The van der Waals surface area contributed by atoms with Crippen molar-refractivity contribution >= 4 is 31.1 Å². The number of halogens is 1. The van der Waals surface area contributed by atoms with Crippen molar-refractivity contribution in [3.8, 4) is 0 Å². The molecular formula is C28H30ClO7P. The fourth-order valence-electron chi connectivity index (χ4n) is 3.46. The Bertz CT molecular complexity index is 1100. The quantitative estimate of drug-likeness (QED) is 0.123. The highest BCUT2D eigenvalue weighted by Crippen LogP contribution is 2.52. The molecule has 0 aliphatic heterocycles. The first-order valence-corrected chi connectivity index (χ1v) is 14.1. The highest BCUT2D eigenvalue weighted by atomic mass is 35.5. The minimum atomic E-state index is -3.81. The Kier molecular flexibility index (Phi) is 11.9. The third-order valence-corrected chi connectivity index (χ3v) is 7.50. The Morgan fingerprint density at radius 2 is 1.16 bits per heavy atom. The maximum Gasteiger partial charge on any atom is 0.332 e. The zero-order chi connectivity index (χ0) is 26.3. The molecule has 3 aromatic carbocycles. The Labute approximate surface area is 222 Å². The standard InChI is InChI=1S/C28H30ClO7P/c29-22-34-27(30)17-16-26(28(31)33-18-23-10-4-1-5-11-23)21-37(32,35-19-24-12-6-2-7-13-24)36-20-25-14-8-3-9-15-25/h1-15,26H,16-22H2. The van der Waals surface area contributed by atoms with Crippen LogP contribution in [0.2, 0.25) is 0 Å². The molecule has 0 N–H and O–H groups in total. The van der Waals surface area contributed by atoms with Gasteiger partial charge in [-0.3, -0.25) is 14.2 Å². The average molecular weight is 545 g/mol. The molecule has 37 heavy (non-hydrogen) atoms. The summed E-state index contributed by atoms with van der Waals surface area (Å²) in [5.74, 6) is -2.10. The molecule has 0 aromatic heterocycles. The lowest BCUT2D eigenvalue weighted by atomic mass is 10.1. The fraction of sp³-hybridized carbons (Fsp3) is 0.286. The van der Waals surface area contributed by atoms with E-state index in [0.717, 1.165) is 16.7 Å². The van der Waals surface area contributed by atoms with Gasteiger partial charge in [-0.05, 0) is 23.1 Å². The van der Waals surface area contributed by atoms with Crippen molar-refractivity contribution in [2.75, 3.05) is 12.2 Å². The molecule has 0 saturated heterocycles. The first-order chi connectivity index (χ1) is 18.0. The third kappa shape index (κ3) is 10.5. The number of esters is 2. The van der Waals surface area contributed by atoms with E-state index in [1.807, 2.05) is 91.0 Å². The maximum atomic E-state index is 13.9. The van der Waals surface area contributed by atoms with E-state index in [-0.39, 0.29) is 44.9 Å².